The predicted octanol–water partition coefficient (Wildman–Crippen LogP) is 2.38. The van der Waals surface area contributed by atoms with Crippen molar-refractivity contribution in [2.75, 3.05) is 11.9 Å². The van der Waals surface area contributed by atoms with Crippen LogP contribution in [0, 0.1) is 11.3 Å². The van der Waals surface area contributed by atoms with Crippen LogP contribution < -0.4 is 10.6 Å². The van der Waals surface area contributed by atoms with Crippen LogP contribution in [0.3, 0.4) is 0 Å². The van der Waals surface area contributed by atoms with Gasteiger partial charge in [0.2, 0.25) is 5.91 Å². The quantitative estimate of drug-likeness (QED) is 0.821. The van der Waals surface area contributed by atoms with Gasteiger partial charge in [0, 0.05) is 31.4 Å². The van der Waals surface area contributed by atoms with Gasteiger partial charge < -0.3 is 10.6 Å². The van der Waals surface area contributed by atoms with Gasteiger partial charge in [0.25, 0.3) is 0 Å². The zero-order valence-electron chi connectivity index (χ0n) is 12.6. The minimum atomic E-state index is -0.0922. The number of nitrogens with one attached hydrogen (secondary N) is 2. The van der Waals surface area contributed by atoms with E-state index in [1.165, 1.54) is 11.3 Å². The highest BCUT2D eigenvalue weighted by Crippen LogP contribution is 2.22. The number of thiophene rings is 1. The molecule has 2 atom stereocenters. The summed E-state index contributed by atoms with van der Waals surface area (Å²) in [5.74, 6) is -0.0922. The Bertz CT molecular complexity index is 643. The fourth-order valence-corrected chi connectivity index (χ4v) is 2.77. The SMILES string of the molecule is C[C@@H](NCCC(=O)Nc1sccc1C#N)[C@H](C)n1cccn1. The molecule has 2 aromatic rings. The molecule has 0 saturated carbocycles. The van der Waals surface area contributed by atoms with Crippen LogP contribution in [0.4, 0.5) is 5.00 Å². The Kier molecular flexibility index (Phi) is 5.69. The van der Waals surface area contributed by atoms with Gasteiger partial charge in [-0.05, 0) is 31.4 Å². The molecule has 0 aliphatic heterocycles. The maximum absolute atomic E-state index is 11.9. The number of rotatable bonds is 7. The van der Waals surface area contributed by atoms with Crippen molar-refractivity contribution in [1.82, 2.24) is 15.1 Å². The van der Waals surface area contributed by atoms with E-state index in [4.69, 9.17) is 5.26 Å². The normalized spacial score (nSPS) is 13.3. The van der Waals surface area contributed by atoms with E-state index >= 15 is 0 Å². The Morgan fingerprint density at radius 2 is 2.36 bits per heavy atom. The van der Waals surface area contributed by atoms with Gasteiger partial charge in [0.15, 0.2) is 0 Å². The summed E-state index contributed by atoms with van der Waals surface area (Å²) < 4.78 is 1.89. The van der Waals surface area contributed by atoms with Gasteiger partial charge >= 0.3 is 0 Å². The third kappa shape index (κ3) is 4.16. The minimum absolute atomic E-state index is 0.0922. The van der Waals surface area contributed by atoms with Crippen molar-refractivity contribution in [1.29, 1.82) is 5.26 Å². The van der Waals surface area contributed by atoms with E-state index in [2.05, 4.69) is 35.6 Å². The monoisotopic (exact) mass is 317 g/mol. The Hall–Kier alpha value is -2.17. The first-order valence-corrected chi connectivity index (χ1v) is 7.99. The predicted molar refractivity (Wildman–Crippen MR) is 86.7 cm³/mol. The smallest absolute Gasteiger partial charge is 0.226 e. The first kappa shape index (κ1) is 16.2. The number of anilines is 1. The molecule has 116 valence electrons. The number of nitrogens with zero attached hydrogens (tertiary/aromatic N) is 3. The Morgan fingerprint density at radius 1 is 1.55 bits per heavy atom. The number of hydrogen-bond acceptors (Lipinski definition) is 5. The first-order chi connectivity index (χ1) is 10.6. The Balaban J connectivity index is 1.74. The second kappa shape index (κ2) is 7.73. The molecule has 0 aliphatic rings. The molecule has 0 saturated heterocycles. The molecule has 2 aromatic heterocycles. The third-order valence-corrected chi connectivity index (χ3v) is 4.35. The highest BCUT2D eigenvalue weighted by Gasteiger charge is 2.14. The number of carbonyl (C=O) groups excluding carboxylic acids is 1. The van der Waals surface area contributed by atoms with E-state index in [0.29, 0.717) is 23.5 Å². The fourth-order valence-electron chi connectivity index (χ4n) is 2.02. The van der Waals surface area contributed by atoms with Crippen LogP contribution in [-0.2, 0) is 4.79 Å². The zero-order chi connectivity index (χ0) is 15.9. The van der Waals surface area contributed by atoms with E-state index in [1.54, 1.807) is 17.6 Å². The first-order valence-electron chi connectivity index (χ1n) is 7.11. The van der Waals surface area contributed by atoms with Gasteiger partial charge in [-0.15, -0.1) is 11.3 Å². The Labute approximate surface area is 133 Å². The molecule has 2 N–H and O–H groups in total. The summed E-state index contributed by atoms with van der Waals surface area (Å²) in [6.07, 6.45) is 4.04. The molecular formula is C15H19N5OS. The molecule has 0 aliphatic carbocycles. The average Bonchev–Trinajstić information content (AvgIpc) is 3.17. The second-order valence-electron chi connectivity index (χ2n) is 5.04. The van der Waals surface area contributed by atoms with E-state index in [-0.39, 0.29) is 18.0 Å². The lowest BCUT2D eigenvalue weighted by atomic mass is 10.1. The lowest BCUT2D eigenvalue weighted by Gasteiger charge is -2.21. The molecule has 0 bridgehead atoms. The van der Waals surface area contributed by atoms with Crippen molar-refractivity contribution in [3.63, 3.8) is 0 Å². The van der Waals surface area contributed by atoms with Crippen molar-refractivity contribution in [2.45, 2.75) is 32.4 Å². The van der Waals surface area contributed by atoms with Crippen LogP contribution in [0.2, 0.25) is 0 Å². The van der Waals surface area contributed by atoms with E-state index < -0.39 is 0 Å². The minimum Gasteiger partial charge on any atom is -0.317 e. The maximum atomic E-state index is 11.9. The van der Waals surface area contributed by atoms with Crippen LogP contribution in [0.1, 0.15) is 31.9 Å². The van der Waals surface area contributed by atoms with Crippen LogP contribution in [-0.4, -0.2) is 28.3 Å². The summed E-state index contributed by atoms with van der Waals surface area (Å²) >= 11 is 1.36. The van der Waals surface area contributed by atoms with Crippen LogP contribution >= 0.6 is 11.3 Å². The number of hydrogen-bond donors (Lipinski definition) is 2. The number of aromatic nitrogens is 2. The van der Waals surface area contributed by atoms with Gasteiger partial charge in [-0.3, -0.25) is 9.48 Å². The average molecular weight is 317 g/mol. The summed E-state index contributed by atoms with van der Waals surface area (Å²) in [6.45, 7) is 4.72. The molecule has 6 nitrogen and oxygen atoms in total. The van der Waals surface area contributed by atoms with Gasteiger partial charge in [0.1, 0.15) is 11.1 Å². The summed E-state index contributed by atoms with van der Waals surface area (Å²) in [6, 6.07) is 6.06. The number of nitriles is 1. The van der Waals surface area contributed by atoms with Crippen molar-refractivity contribution in [3.05, 3.63) is 35.5 Å². The zero-order valence-corrected chi connectivity index (χ0v) is 13.4. The van der Waals surface area contributed by atoms with Crippen LogP contribution in [0.15, 0.2) is 29.9 Å². The number of amides is 1. The highest BCUT2D eigenvalue weighted by molar-refractivity contribution is 7.14. The summed E-state index contributed by atoms with van der Waals surface area (Å²) in [4.78, 5) is 11.9. The lowest BCUT2D eigenvalue weighted by molar-refractivity contribution is -0.116. The second-order valence-corrected chi connectivity index (χ2v) is 5.96. The van der Waals surface area contributed by atoms with Crippen LogP contribution in [0.25, 0.3) is 0 Å². The molecule has 22 heavy (non-hydrogen) atoms. The van der Waals surface area contributed by atoms with Gasteiger partial charge in [-0.2, -0.15) is 10.4 Å². The standard InChI is InChI=1S/C15H19N5OS/c1-11(12(2)20-8-3-6-18-20)17-7-4-14(21)19-15-13(10-16)5-9-22-15/h3,5-6,8-9,11-12,17H,4,7H2,1-2H3,(H,19,21)/t11-,12+/m1/s1. The van der Waals surface area contributed by atoms with E-state index in [1.807, 2.05) is 16.9 Å². The summed E-state index contributed by atoms with van der Waals surface area (Å²) in [5.41, 5.74) is 0.506. The molecule has 2 rings (SSSR count). The topological polar surface area (TPSA) is 82.7 Å². The lowest BCUT2D eigenvalue weighted by Crippen LogP contribution is -2.35. The van der Waals surface area contributed by atoms with Crippen molar-refractivity contribution in [3.8, 4) is 6.07 Å². The highest BCUT2D eigenvalue weighted by atomic mass is 32.1. The van der Waals surface area contributed by atoms with Gasteiger partial charge in [0.05, 0.1) is 11.6 Å². The van der Waals surface area contributed by atoms with E-state index in [9.17, 15) is 4.79 Å². The summed E-state index contributed by atoms with van der Waals surface area (Å²) in [5, 5.41) is 21.6. The summed E-state index contributed by atoms with van der Waals surface area (Å²) in [7, 11) is 0. The molecular weight excluding hydrogens is 298 g/mol. The molecule has 0 fully saturated rings. The third-order valence-electron chi connectivity index (χ3n) is 3.52. The van der Waals surface area contributed by atoms with Gasteiger partial charge in [-0.1, -0.05) is 0 Å². The molecule has 2 heterocycles. The van der Waals surface area contributed by atoms with Gasteiger partial charge in [-0.25, -0.2) is 0 Å². The molecule has 7 heteroatoms. The van der Waals surface area contributed by atoms with Crippen molar-refractivity contribution < 1.29 is 4.79 Å². The Morgan fingerprint density at radius 3 is 3.05 bits per heavy atom. The largest absolute Gasteiger partial charge is 0.317 e. The molecule has 0 aromatic carbocycles. The molecule has 1 amide bonds. The number of carbonyl (C=O) groups is 1. The van der Waals surface area contributed by atoms with Crippen LogP contribution in [0.5, 0.6) is 0 Å². The van der Waals surface area contributed by atoms with E-state index in [0.717, 1.165) is 0 Å². The van der Waals surface area contributed by atoms with Crippen molar-refractivity contribution >= 4 is 22.2 Å². The van der Waals surface area contributed by atoms with Crippen molar-refractivity contribution in [2.24, 2.45) is 0 Å². The molecule has 0 radical (unpaired) electrons. The maximum Gasteiger partial charge on any atom is 0.226 e. The fraction of sp³-hybridized carbons (Fsp3) is 0.400. The molecule has 0 unspecified atom stereocenters. The molecule has 0 spiro atoms.